The number of carbonyl (C=O) groups is 1. The number of carbonyl (C=O) groups excluding carboxylic acids is 1. The van der Waals surface area contributed by atoms with Crippen LogP contribution in [-0.4, -0.2) is 19.0 Å². The Morgan fingerprint density at radius 2 is 2.00 bits per heavy atom. The Balaban J connectivity index is 0.00000200. The molecule has 0 bridgehead atoms. The van der Waals surface area contributed by atoms with Crippen molar-refractivity contribution in [3.8, 4) is 0 Å². The van der Waals surface area contributed by atoms with Crippen molar-refractivity contribution >= 4 is 41.5 Å². The minimum Gasteiger partial charge on any atom is -0.349 e. The minimum atomic E-state index is -0.118. The number of halogens is 3. The predicted molar refractivity (Wildman–Crippen MR) is 85.8 cm³/mol. The number of hydrogen-bond acceptors (Lipinski definition) is 2. The predicted octanol–water partition coefficient (Wildman–Crippen LogP) is 3.45. The Kier molecular flexibility index (Phi) is 6.59. The molecule has 3 nitrogen and oxygen atoms in total. The average molecular weight is 338 g/mol. The summed E-state index contributed by atoms with van der Waals surface area (Å²) in [6.07, 6.45) is 0. The lowest BCUT2D eigenvalue weighted by atomic mass is 9.88. The number of benzene rings is 1. The molecule has 1 aromatic carbocycles. The molecule has 2 unspecified atom stereocenters. The molecule has 112 valence electrons. The van der Waals surface area contributed by atoms with E-state index in [1.54, 1.807) is 12.1 Å². The normalized spacial score (nSPS) is 17.6. The van der Waals surface area contributed by atoms with E-state index in [9.17, 15) is 4.79 Å². The summed E-state index contributed by atoms with van der Waals surface area (Å²) in [4.78, 5) is 12.1. The zero-order valence-electron chi connectivity index (χ0n) is 11.5. The van der Waals surface area contributed by atoms with E-state index in [4.69, 9.17) is 23.2 Å². The van der Waals surface area contributed by atoms with Crippen LogP contribution in [0.15, 0.2) is 18.2 Å². The van der Waals surface area contributed by atoms with Crippen molar-refractivity contribution in [1.82, 2.24) is 10.6 Å². The van der Waals surface area contributed by atoms with Crippen molar-refractivity contribution in [2.75, 3.05) is 13.1 Å². The summed E-state index contributed by atoms with van der Waals surface area (Å²) in [5.74, 6) is 0.535. The average Bonchev–Trinajstić information content (AvgIpc) is 2.25. The second kappa shape index (κ2) is 7.51. The lowest BCUT2D eigenvalue weighted by Crippen LogP contribution is -2.49. The first-order valence-corrected chi connectivity index (χ1v) is 7.20. The number of hydrogen-bond donors (Lipinski definition) is 2. The van der Waals surface area contributed by atoms with Gasteiger partial charge in [-0.25, -0.2) is 0 Å². The van der Waals surface area contributed by atoms with E-state index < -0.39 is 0 Å². The molecule has 0 saturated carbocycles. The van der Waals surface area contributed by atoms with Crippen LogP contribution in [0.25, 0.3) is 0 Å². The van der Waals surface area contributed by atoms with Gasteiger partial charge in [0.2, 0.25) is 5.91 Å². The van der Waals surface area contributed by atoms with Crippen molar-refractivity contribution in [3.63, 3.8) is 0 Å². The fraction of sp³-hybridized carbons (Fsp3) is 0.500. The zero-order chi connectivity index (χ0) is 14.0. The summed E-state index contributed by atoms with van der Waals surface area (Å²) in [5.41, 5.74) is 0.887. The number of rotatable bonds is 4. The topological polar surface area (TPSA) is 41.1 Å². The van der Waals surface area contributed by atoms with Gasteiger partial charge in [0.05, 0.1) is 6.04 Å². The standard InChI is InChI=1S/C14H18Cl2N2O.ClH/c1-8(10-6-17-7-10)14(19)18-9(2)12-4-3-11(15)5-13(12)16;/h3-5,8-10,17H,6-7H2,1-2H3,(H,18,19);1H. The molecular formula is C14H19Cl3N2O. The van der Waals surface area contributed by atoms with Gasteiger partial charge in [-0.2, -0.15) is 0 Å². The number of nitrogens with one attached hydrogen (secondary N) is 2. The van der Waals surface area contributed by atoms with Crippen molar-refractivity contribution in [2.45, 2.75) is 19.9 Å². The molecule has 1 heterocycles. The Morgan fingerprint density at radius 1 is 1.35 bits per heavy atom. The molecule has 2 rings (SSSR count). The molecule has 1 fully saturated rings. The SMILES string of the molecule is CC(NC(=O)C(C)C1CNC1)c1ccc(Cl)cc1Cl.Cl. The van der Waals surface area contributed by atoms with E-state index in [1.165, 1.54) is 0 Å². The quantitative estimate of drug-likeness (QED) is 0.883. The van der Waals surface area contributed by atoms with Crippen LogP contribution < -0.4 is 10.6 Å². The molecule has 6 heteroatoms. The zero-order valence-corrected chi connectivity index (χ0v) is 13.8. The van der Waals surface area contributed by atoms with Crippen LogP contribution in [0.4, 0.5) is 0 Å². The van der Waals surface area contributed by atoms with Crippen LogP contribution in [0, 0.1) is 11.8 Å². The van der Waals surface area contributed by atoms with E-state index >= 15 is 0 Å². The van der Waals surface area contributed by atoms with E-state index in [2.05, 4.69) is 10.6 Å². The monoisotopic (exact) mass is 336 g/mol. The molecule has 1 aromatic rings. The summed E-state index contributed by atoms with van der Waals surface area (Å²) in [7, 11) is 0. The molecule has 2 atom stereocenters. The first-order valence-electron chi connectivity index (χ1n) is 6.45. The van der Waals surface area contributed by atoms with Crippen LogP contribution >= 0.6 is 35.6 Å². The molecule has 2 N–H and O–H groups in total. The lowest BCUT2D eigenvalue weighted by Gasteiger charge is -2.32. The van der Waals surface area contributed by atoms with Gasteiger partial charge in [0.25, 0.3) is 0 Å². The summed E-state index contributed by atoms with van der Waals surface area (Å²) in [6.45, 7) is 5.74. The van der Waals surface area contributed by atoms with Gasteiger partial charge in [-0.15, -0.1) is 12.4 Å². The third-order valence-electron chi connectivity index (χ3n) is 3.72. The number of amides is 1. The maximum absolute atomic E-state index is 12.1. The lowest BCUT2D eigenvalue weighted by molar-refractivity contribution is -0.127. The molecule has 0 aromatic heterocycles. The molecular weight excluding hydrogens is 319 g/mol. The van der Waals surface area contributed by atoms with Gasteiger partial charge in [-0.1, -0.05) is 36.2 Å². The van der Waals surface area contributed by atoms with Crippen molar-refractivity contribution in [2.24, 2.45) is 11.8 Å². The Morgan fingerprint density at radius 3 is 2.50 bits per heavy atom. The molecule has 1 aliphatic rings. The Hall–Kier alpha value is -0.480. The minimum absolute atomic E-state index is 0. The maximum atomic E-state index is 12.1. The van der Waals surface area contributed by atoms with Gasteiger partial charge < -0.3 is 10.6 Å². The van der Waals surface area contributed by atoms with E-state index in [0.717, 1.165) is 18.7 Å². The second-order valence-corrected chi connectivity index (χ2v) is 5.95. The van der Waals surface area contributed by atoms with Crippen molar-refractivity contribution in [3.05, 3.63) is 33.8 Å². The van der Waals surface area contributed by atoms with Crippen molar-refractivity contribution < 1.29 is 4.79 Å². The van der Waals surface area contributed by atoms with Crippen LogP contribution in [0.1, 0.15) is 25.5 Å². The third-order valence-corrected chi connectivity index (χ3v) is 4.28. The molecule has 0 spiro atoms. The molecule has 1 aliphatic heterocycles. The summed E-state index contributed by atoms with van der Waals surface area (Å²) in [5, 5.41) is 7.37. The largest absolute Gasteiger partial charge is 0.349 e. The van der Waals surface area contributed by atoms with Crippen LogP contribution in [0.3, 0.4) is 0 Å². The molecule has 0 aliphatic carbocycles. The summed E-state index contributed by atoms with van der Waals surface area (Å²) < 4.78 is 0. The smallest absolute Gasteiger partial charge is 0.223 e. The first-order chi connectivity index (χ1) is 8.99. The molecule has 1 amide bonds. The van der Waals surface area contributed by atoms with Crippen LogP contribution in [0.2, 0.25) is 10.0 Å². The van der Waals surface area contributed by atoms with Gasteiger partial charge in [0, 0.05) is 16.0 Å². The van der Waals surface area contributed by atoms with E-state index in [0.29, 0.717) is 16.0 Å². The second-order valence-electron chi connectivity index (χ2n) is 5.10. The summed E-state index contributed by atoms with van der Waals surface area (Å²) >= 11 is 12.0. The van der Waals surface area contributed by atoms with Gasteiger partial charge in [-0.05, 0) is 43.6 Å². The molecule has 1 saturated heterocycles. The molecule has 0 radical (unpaired) electrons. The fourth-order valence-electron chi connectivity index (χ4n) is 2.15. The van der Waals surface area contributed by atoms with Gasteiger partial charge in [-0.3, -0.25) is 4.79 Å². The van der Waals surface area contributed by atoms with Gasteiger partial charge >= 0.3 is 0 Å². The van der Waals surface area contributed by atoms with E-state index in [-0.39, 0.29) is 30.3 Å². The van der Waals surface area contributed by atoms with E-state index in [1.807, 2.05) is 19.9 Å². The Labute approximate surface area is 135 Å². The fourth-order valence-corrected chi connectivity index (χ4v) is 2.73. The Bertz CT molecular complexity index is 477. The molecule has 20 heavy (non-hydrogen) atoms. The van der Waals surface area contributed by atoms with Gasteiger partial charge in [0.15, 0.2) is 0 Å². The van der Waals surface area contributed by atoms with Crippen LogP contribution in [-0.2, 0) is 4.79 Å². The summed E-state index contributed by atoms with van der Waals surface area (Å²) in [6, 6.07) is 5.21. The maximum Gasteiger partial charge on any atom is 0.223 e. The van der Waals surface area contributed by atoms with Gasteiger partial charge in [0.1, 0.15) is 0 Å². The van der Waals surface area contributed by atoms with Crippen LogP contribution in [0.5, 0.6) is 0 Å². The first kappa shape index (κ1) is 17.6. The third kappa shape index (κ3) is 4.01. The highest BCUT2D eigenvalue weighted by Crippen LogP contribution is 2.26. The highest BCUT2D eigenvalue weighted by atomic mass is 35.5. The highest BCUT2D eigenvalue weighted by molar-refractivity contribution is 6.35. The highest BCUT2D eigenvalue weighted by Gasteiger charge is 2.29. The van der Waals surface area contributed by atoms with Crippen molar-refractivity contribution in [1.29, 1.82) is 0 Å².